The first-order valence-electron chi connectivity index (χ1n) is 20.6. The molecule has 0 aromatic carbocycles. The summed E-state index contributed by atoms with van der Waals surface area (Å²) in [5.41, 5.74) is -0.992. The maximum Gasteiger partial charge on any atom is 0.315 e. The lowest BCUT2D eigenvalue weighted by Crippen LogP contribution is -2.62. The van der Waals surface area contributed by atoms with Crippen LogP contribution in [-0.4, -0.2) is 77.3 Å². The van der Waals surface area contributed by atoms with Crippen molar-refractivity contribution in [2.75, 3.05) is 12.3 Å². The molecule has 5 fully saturated rings. The molecule has 0 bridgehead atoms. The Morgan fingerprint density at radius 2 is 1.50 bits per heavy atom. The summed E-state index contributed by atoms with van der Waals surface area (Å²) in [6.45, 7) is 11.8. The molecule has 5 rings (SSSR count). The molecule has 0 aromatic rings. The first-order valence-corrected chi connectivity index (χ1v) is 22.2. The third kappa shape index (κ3) is 9.31. The lowest BCUT2D eigenvalue weighted by Gasteiger charge is -2.41. The maximum absolute atomic E-state index is 15.0. The average Bonchev–Trinajstić information content (AvgIpc) is 3.72. The lowest BCUT2D eigenvalue weighted by molar-refractivity contribution is -0.143. The van der Waals surface area contributed by atoms with E-state index >= 15 is 0 Å². The summed E-state index contributed by atoms with van der Waals surface area (Å²) in [5.74, 6) is -1.79. The highest BCUT2D eigenvalue weighted by Gasteiger charge is 2.57. The first-order chi connectivity index (χ1) is 24.4. The number of nitrogens with zero attached hydrogens (tertiary/aromatic N) is 1. The molecule has 10 nitrogen and oxygen atoms in total. The summed E-state index contributed by atoms with van der Waals surface area (Å²) in [6, 6.07) is -2.09. The minimum atomic E-state index is -3.55. The van der Waals surface area contributed by atoms with Crippen LogP contribution in [0.1, 0.15) is 157 Å². The van der Waals surface area contributed by atoms with Crippen molar-refractivity contribution in [1.82, 2.24) is 15.5 Å². The number of likely N-dealkylation sites (tertiary alicyclic amines) is 1. The largest absolute Gasteiger partial charge is 0.332 e. The highest BCUT2D eigenvalue weighted by molar-refractivity contribution is 7.92. The van der Waals surface area contributed by atoms with E-state index in [2.05, 4.69) is 24.5 Å². The minimum absolute atomic E-state index is 0.0417. The molecule has 5 atom stereocenters. The number of hydrogen-bond donors (Lipinski definition) is 2. The summed E-state index contributed by atoms with van der Waals surface area (Å²) in [6.07, 6.45) is 13.3. The van der Waals surface area contributed by atoms with Crippen molar-refractivity contribution in [1.29, 1.82) is 0 Å². The number of hydrogen-bond acceptors (Lipinski definition) is 7. The quantitative estimate of drug-likeness (QED) is 0.177. The van der Waals surface area contributed by atoms with Crippen molar-refractivity contribution in [3.63, 3.8) is 0 Å². The number of fused-ring (bicyclic) bond motifs is 1. The molecular formula is C41H67N3O7S. The minimum Gasteiger partial charge on any atom is -0.332 e. The van der Waals surface area contributed by atoms with Gasteiger partial charge in [-0.3, -0.25) is 19.2 Å². The van der Waals surface area contributed by atoms with E-state index in [4.69, 9.17) is 0 Å². The van der Waals surface area contributed by atoms with Crippen LogP contribution in [0, 0.1) is 35.0 Å². The standard InChI is InChI=1S/C41H67N3O7S/c1-7-14-29(36(47)33(46)23-27-17-18-27)24-32(45)35-30-19-22-40(5,6)31(30)25-44(35)37(48)34(28-15-10-8-11-16-28)42-38(49)43-41(20-12-9-13-21-41)26-52(50,51)39(2,3)4/h27-31,34-35H,7-26H2,1-6H3,(H2,42,43,49)/t29?,30-,31-,34-,35-/m0/s1. The molecule has 1 saturated heterocycles. The van der Waals surface area contributed by atoms with Crippen molar-refractivity contribution >= 4 is 39.1 Å². The Labute approximate surface area is 313 Å². The molecule has 0 radical (unpaired) electrons. The second-order valence-corrected chi connectivity index (χ2v) is 21.8. The fourth-order valence-corrected chi connectivity index (χ4v) is 11.5. The number of Topliss-reactive ketones (excluding diaryl/α,β-unsaturated/α-hetero) is 3. The number of carbonyl (C=O) groups excluding carboxylic acids is 5. The van der Waals surface area contributed by atoms with Crippen LogP contribution in [-0.2, 0) is 29.0 Å². The van der Waals surface area contributed by atoms with Gasteiger partial charge in [0, 0.05) is 25.3 Å². The molecular weight excluding hydrogens is 679 g/mol. The van der Waals surface area contributed by atoms with E-state index in [1.165, 1.54) is 0 Å². The van der Waals surface area contributed by atoms with Crippen molar-refractivity contribution < 1.29 is 32.4 Å². The topological polar surface area (TPSA) is 147 Å². The van der Waals surface area contributed by atoms with Gasteiger partial charge in [0.2, 0.25) is 11.7 Å². The number of nitrogens with one attached hydrogen (secondary N) is 2. The van der Waals surface area contributed by atoms with Gasteiger partial charge in [-0.15, -0.1) is 0 Å². The van der Waals surface area contributed by atoms with E-state index in [-0.39, 0.29) is 65.2 Å². The molecule has 11 heteroatoms. The van der Waals surface area contributed by atoms with Gasteiger partial charge in [0.1, 0.15) is 6.04 Å². The van der Waals surface area contributed by atoms with Gasteiger partial charge in [0.25, 0.3) is 0 Å². The number of sulfone groups is 1. The second kappa shape index (κ2) is 16.2. The molecule has 3 amide bonds. The van der Waals surface area contributed by atoms with E-state index in [0.29, 0.717) is 32.2 Å². The number of amides is 3. The number of urea groups is 1. The van der Waals surface area contributed by atoms with E-state index in [1.54, 1.807) is 25.7 Å². The highest BCUT2D eigenvalue weighted by atomic mass is 32.2. The molecule has 52 heavy (non-hydrogen) atoms. The molecule has 4 saturated carbocycles. The van der Waals surface area contributed by atoms with Crippen molar-refractivity contribution in [3.05, 3.63) is 0 Å². The molecule has 1 aliphatic heterocycles. The summed E-state index contributed by atoms with van der Waals surface area (Å²) in [4.78, 5) is 71.5. The van der Waals surface area contributed by atoms with Gasteiger partial charge >= 0.3 is 6.03 Å². The summed E-state index contributed by atoms with van der Waals surface area (Å²) in [7, 11) is -3.55. The number of carbonyl (C=O) groups is 5. The normalized spacial score (nSPS) is 27.3. The second-order valence-electron chi connectivity index (χ2n) is 19.0. The zero-order valence-corrected chi connectivity index (χ0v) is 33.7. The van der Waals surface area contributed by atoms with Crippen LogP contribution in [0.2, 0.25) is 0 Å². The fraction of sp³-hybridized carbons (Fsp3) is 0.878. The Morgan fingerprint density at radius 3 is 2.10 bits per heavy atom. The Kier molecular flexibility index (Phi) is 12.7. The molecule has 2 N–H and O–H groups in total. The fourth-order valence-electron chi connectivity index (χ4n) is 9.97. The van der Waals surface area contributed by atoms with E-state index < -0.39 is 49.9 Å². The Morgan fingerprint density at radius 1 is 0.865 bits per heavy atom. The van der Waals surface area contributed by atoms with Gasteiger partial charge in [-0.25, -0.2) is 13.2 Å². The third-order valence-corrected chi connectivity index (χ3v) is 16.4. The van der Waals surface area contributed by atoms with E-state index in [9.17, 15) is 32.4 Å². The number of ketones is 3. The van der Waals surface area contributed by atoms with Crippen molar-refractivity contribution in [2.45, 2.75) is 179 Å². The zero-order valence-electron chi connectivity index (χ0n) is 32.9. The van der Waals surface area contributed by atoms with Gasteiger partial charge < -0.3 is 15.5 Å². The molecule has 0 aromatic heterocycles. The molecule has 1 heterocycles. The predicted molar refractivity (Wildman–Crippen MR) is 202 cm³/mol. The Balaban J connectivity index is 1.40. The van der Waals surface area contributed by atoms with Crippen LogP contribution in [0.3, 0.4) is 0 Å². The van der Waals surface area contributed by atoms with Crippen molar-refractivity contribution in [2.24, 2.45) is 35.0 Å². The predicted octanol–water partition coefficient (Wildman–Crippen LogP) is 6.73. The molecule has 4 aliphatic carbocycles. The first kappa shape index (κ1) is 40.9. The molecule has 5 aliphatic rings. The van der Waals surface area contributed by atoms with Gasteiger partial charge in [-0.1, -0.05) is 65.7 Å². The zero-order chi connectivity index (χ0) is 38.1. The van der Waals surface area contributed by atoms with Crippen LogP contribution in [0.5, 0.6) is 0 Å². The molecule has 0 spiro atoms. The Bertz CT molecular complexity index is 1450. The Hall–Kier alpha value is -2.30. The van der Waals surface area contributed by atoms with E-state index in [1.807, 2.05) is 6.92 Å². The lowest BCUT2D eigenvalue weighted by atomic mass is 9.78. The third-order valence-electron chi connectivity index (χ3n) is 13.6. The average molecular weight is 746 g/mol. The summed E-state index contributed by atoms with van der Waals surface area (Å²) < 4.78 is 25.9. The highest BCUT2D eigenvalue weighted by Crippen LogP contribution is 2.53. The van der Waals surface area contributed by atoms with E-state index in [0.717, 1.165) is 77.0 Å². The monoisotopic (exact) mass is 745 g/mol. The van der Waals surface area contributed by atoms with Crippen LogP contribution >= 0.6 is 0 Å². The molecule has 294 valence electrons. The number of rotatable bonds is 15. The van der Waals surface area contributed by atoms with Gasteiger partial charge in [0.15, 0.2) is 21.4 Å². The van der Waals surface area contributed by atoms with Crippen LogP contribution in [0.4, 0.5) is 4.79 Å². The van der Waals surface area contributed by atoms with Gasteiger partial charge in [0.05, 0.1) is 22.1 Å². The SMILES string of the molecule is CCCC(CC(=O)[C@@H]1[C@H]2CCC(C)(C)[C@H]2CN1C(=O)[C@@H](NC(=O)NC1(CS(=O)(=O)C(C)(C)C)CCCCC1)C1CCCCC1)C(=O)C(=O)CC1CC1. The van der Waals surface area contributed by atoms with Crippen molar-refractivity contribution in [3.8, 4) is 0 Å². The van der Waals surface area contributed by atoms with Crippen LogP contribution in [0.25, 0.3) is 0 Å². The van der Waals surface area contributed by atoms with Crippen LogP contribution in [0.15, 0.2) is 0 Å². The van der Waals surface area contributed by atoms with Crippen LogP contribution < -0.4 is 10.6 Å². The van der Waals surface area contributed by atoms with Gasteiger partial charge in [-0.2, -0.15) is 0 Å². The summed E-state index contributed by atoms with van der Waals surface area (Å²) in [5, 5.41) is 6.19. The molecule has 1 unspecified atom stereocenters. The summed E-state index contributed by atoms with van der Waals surface area (Å²) >= 11 is 0. The maximum atomic E-state index is 15.0. The smallest absolute Gasteiger partial charge is 0.315 e. The van der Waals surface area contributed by atoms with Gasteiger partial charge in [-0.05, 0) is 108 Å².